The molecular weight excluding hydrogens is 238 g/mol. The molecule has 0 saturated carbocycles. The van der Waals surface area contributed by atoms with Gasteiger partial charge >= 0.3 is 0 Å². The molecule has 0 radical (unpaired) electrons. The lowest BCUT2D eigenvalue weighted by Crippen LogP contribution is -2.41. The zero-order chi connectivity index (χ0) is 10.1. The Balaban J connectivity index is 2.10. The van der Waals surface area contributed by atoms with Crippen LogP contribution in [0.3, 0.4) is 0 Å². The lowest BCUT2D eigenvalue weighted by molar-refractivity contribution is 0.541. The van der Waals surface area contributed by atoms with Crippen molar-refractivity contribution in [1.82, 2.24) is 5.32 Å². The van der Waals surface area contributed by atoms with E-state index in [2.05, 4.69) is 5.32 Å². The third-order valence-corrected chi connectivity index (χ3v) is 5.26. The highest BCUT2D eigenvalue weighted by Crippen LogP contribution is 2.27. The van der Waals surface area contributed by atoms with Crippen LogP contribution in [0.1, 0.15) is 18.5 Å². The largest absolute Gasteiger partial charge is 0.308 e. The quantitative estimate of drug-likeness (QED) is 0.827. The fraction of sp³-hybridized carbons (Fsp3) is 0.556. The third-order valence-electron chi connectivity index (χ3n) is 2.42. The van der Waals surface area contributed by atoms with Crippen molar-refractivity contribution in [2.75, 3.05) is 12.3 Å². The van der Waals surface area contributed by atoms with Crippen molar-refractivity contribution in [3.63, 3.8) is 0 Å². The first-order chi connectivity index (χ1) is 6.66. The summed E-state index contributed by atoms with van der Waals surface area (Å²) in [6, 6.07) is 2.17. The van der Waals surface area contributed by atoms with Crippen LogP contribution in [-0.2, 0) is 10.8 Å². The Kier molecular flexibility index (Phi) is 3.27. The van der Waals surface area contributed by atoms with Crippen molar-refractivity contribution < 1.29 is 4.21 Å². The van der Waals surface area contributed by atoms with E-state index in [0.29, 0.717) is 5.75 Å². The maximum atomic E-state index is 11.6. The lowest BCUT2D eigenvalue weighted by Gasteiger charge is -2.26. The predicted octanol–water partition coefficient (Wildman–Crippen LogP) is 2.18. The fourth-order valence-corrected chi connectivity index (χ4v) is 3.70. The van der Waals surface area contributed by atoms with Gasteiger partial charge in [-0.2, -0.15) is 0 Å². The molecule has 0 amide bonds. The van der Waals surface area contributed by atoms with Crippen LogP contribution in [0.5, 0.6) is 0 Å². The Labute approximate surface area is 95.1 Å². The first-order valence-electron chi connectivity index (χ1n) is 4.51. The van der Waals surface area contributed by atoms with Crippen LogP contribution in [0, 0.1) is 0 Å². The number of thiophene rings is 1. The van der Waals surface area contributed by atoms with Crippen molar-refractivity contribution in [2.45, 2.75) is 18.2 Å². The first kappa shape index (κ1) is 10.6. The summed E-state index contributed by atoms with van der Waals surface area (Å²) in [6.45, 7) is 2.84. The summed E-state index contributed by atoms with van der Waals surface area (Å²) in [4.78, 5) is 0. The van der Waals surface area contributed by atoms with Crippen LogP contribution in [0.25, 0.3) is 0 Å². The van der Waals surface area contributed by atoms with Crippen molar-refractivity contribution in [1.29, 1.82) is 0 Å². The molecule has 78 valence electrons. The molecule has 0 bridgehead atoms. The van der Waals surface area contributed by atoms with E-state index in [1.807, 2.05) is 18.4 Å². The SMILES string of the molecule is CC1CNC(c2csc(Cl)c2)CS1=O. The molecule has 2 nitrogen and oxygen atoms in total. The van der Waals surface area contributed by atoms with Gasteiger partial charge in [-0.15, -0.1) is 11.3 Å². The number of nitrogens with one attached hydrogen (secondary N) is 1. The third kappa shape index (κ3) is 2.19. The van der Waals surface area contributed by atoms with Gasteiger partial charge in [0.1, 0.15) is 0 Å². The first-order valence-corrected chi connectivity index (χ1v) is 7.15. The summed E-state index contributed by atoms with van der Waals surface area (Å²) in [7, 11) is -0.707. The second-order valence-corrected chi connectivity index (χ2v) is 6.95. The minimum absolute atomic E-state index is 0.218. The molecule has 3 unspecified atom stereocenters. The van der Waals surface area contributed by atoms with E-state index >= 15 is 0 Å². The highest BCUT2D eigenvalue weighted by atomic mass is 35.5. The molecule has 1 aromatic rings. The summed E-state index contributed by atoms with van der Waals surface area (Å²) >= 11 is 7.39. The molecule has 5 heteroatoms. The van der Waals surface area contributed by atoms with Gasteiger partial charge in [0.2, 0.25) is 0 Å². The lowest BCUT2D eigenvalue weighted by atomic mass is 10.2. The van der Waals surface area contributed by atoms with Gasteiger partial charge in [-0.1, -0.05) is 11.6 Å². The summed E-state index contributed by atoms with van der Waals surface area (Å²) in [5.41, 5.74) is 1.17. The molecule has 2 heterocycles. The molecule has 0 spiro atoms. The standard InChI is InChI=1S/C9H12ClNOS2/c1-6-3-11-8(5-14(6)12)7-2-9(10)13-4-7/h2,4,6,8,11H,3,5H2,1H3. The van der Waals surface area contributed by atoms with Gasteiger partial charge in [-0.25, -0.2) is 0 Å². The summed E-state index contributed by atoms with van der Waals surface area (Å²) in [5.74, 6) is 0.703. The molecule has 2 rings (SSSR count). The van der Waals surface area contributed by atoms with Crippen molar-refractivity contribution in [3.8, 4) is 0 Å². The van der Waals surface area contributed by atoms with Crippen LogP contribution < -0.4 is 5.32 Å². The zero-order valence-electron chi connectivity index (χ0n) is 7.83. The van der Waals surface area contributed by atoms with Gasteiger partial charge in [-0.05, 0) is 23.9 Å². The number of hydrogen-bond donors (Lipinski definition) is 1. The molecule has 3 atom stereocenters. The molecule has 14 heavy (non-hydrogen) atoms. The van der Waals surface area contributed by atoms with Gasteiger partial charge < -0.3 is 5.32 Å². The summed E-state index contributed by atoms with van der Waals surface area (Å²) < 4.78 is 12.4. The van der Waals surface area contributed by atoms with Crippen molar-refractivity contribution in [3.05, 3.63) is 21.3 Å². The average molecular weight is 250 g/mol. The highest BCUT2D eigenvalue weighted by Gasteiger charge is 2.25. The molecule has 1 aliphatic heterocycles. The molecule has 0 aromatic carbocycles. The van der Waals surface area contributed by atoms with Crippen LogP contribution in [0.2, 0.25) is 4.34 Å². The van der Waals surface area contributed by atoms with Crippen LogP contribution in [0.15, 0.2) is 11.4 Å². The Morgan fingerprint density at radius 1 is 1.71 bits per heavy atom. The second-order valence-electron chi connectivity index (χ2n) is 3.50. The topological polar surface area (TPSA) is 29.1 Å². The van der Waals surface area contributed by atoms with E-state index in [1.54, 1.807) is 0 Å². The van der Waals surface area contributed by atoms with Crippen LogP contribution in [0.4, 0.5) is 0 Å². The Bertz CT molecular complexity index is 352. The maximum absolute atomic E-state index is 11.6. The molecule has 1 N–H and O–H groups in total. The molecule has 1 fully saturated rings. The molecular formula is C9H12ClNOS2. The molecule has 1 saturated heterocycles. The van der Waals surface area contributed by atoms with Gasteiger partial charge in [0.15, 0.2) is 0 Å². The minimum atomic E-state index is -0.707. The maximum Gasteiger partial charge on any atom is 0.0931 e. The Hall–Kier alpha value is 0.1000. The van der Waals surface area contributed by atoms with Crippen LogP contribution in [-0.4, -0.2) is 21.8 Å². The van der Waals surface area contributed by atoms with Crippen molar-refractivity contribution >= 4 is 33.7 Å². The fourth-order valence-electron chi connectivity index (χ4n) is 1.51. The van der Waals surface area contributed by atoms with Crippen LogP contribution >= 0.6 is 22.9 Å². The zero-order valence-corrected chi connectivity index (χ0v) is 10.2. The predicted molar refractivity (Wildman–Crippen MR) is 62.5 cm³/mol. The van der Waals surface area contributed by atoms with Gasteiger partial charge in [0.25, 0.3) is 0 Å². The summed E-state index contributed by atoms with van der Waals surface area (Å²) in [5, 5.41) is 5.68. The highest BCUT2D eigenvalue weighted by molar-refractivity contribution is 7.85. The Morgan fingerprint density at radius 3 is 3.07 bits per heavy atom. The smallest absolute Gasteiger partial charge is 0.0931 e. The normalized spacial score (nSPS) is 33.1. The number of hydrogen-bond acceptors (Lipinski definition) is 3. The van der Waals surface area contributed by atoms with Gasteiger partial charge in [-0.3, -0.25) is 4.21 Å². The van der Waals surface area contributed by atoms with E-state index < -0.39 is 10.8 Å². The van der Waals surface area contributed by atoms with E-state index in [-0.39, 0.29) is 11.3 Å². The van der Waals surface area contributed by atoms with Gasteiger partial charge in [0, 0.05) is 34.4 Å². The average Bonchev–Trinajstić information content (AvgIpc) is 2.57. The minimum Gasteiger partial charge on any atom is -0.308 e. The number of halogens is 1. The molecule has 1 aliphatic rings. The summed E-state index contributed by atoms with van der Waals surface area (Å²) in [6.07, 6.45) is 0. The molecule has 0 aliphatic carbocycles. The van der Waals surface area contributed by atoms with Gasteiger partial charge in [0.05, 0.1) is 4.34 Å². The monoisotopic (exact) mass is 249 g/mol. The van der Waals surface area contributed by atoms with E-state index in [4.69, 9.17) is 11.6 Å². The molecule has 1 aromatic heterocycles. The number of rotatable bonds is 1. The second kappa shape index (κ2) is 4.31. The van der Waals surface area contributed by atoms with E-state index in [0.717, 1.165) is 10.9 Å². The van der Waals surface area contributed by atoms with E-state index in [9.17, 15) is 4.21 Å². The van der Waals surface area contributed by atoms with Crippen molar-refractivity contribution in [2.24, 2.45) is 0 Å². The van der Waals surface area contributed by atoms with E-state index in [1.165, 1.54) is 16.9 Å². The Morgan fingerprint density at radius 2 is 2.50 bits per heavy atom.